The van der Waals surface area contributed by atoms with Gasteiger partial charge in [0.2, 0.25) is 11.8 Å². The Labute approximate surface area is 151 Å². The first-order valence-electron chi connectivity index (χ1n) is 8.78. The van der Waals surface area contributed by atoms with Crippen molar-refractivity contribution in [3.63, 3.8) is 0 Å². The quantitative estimate of drug-likeness (QED) is 0.866. The molecule has 130 valence electrons. The predicted molar refractivity (Wildman–Crippen MR) is 97.1 cm³/mol. The smallest absolute Gasteiger partial charge is 0.225 e. The molecule has 1 saturated carbocycles. The van der Waals surface area contributed by atoms with Crippen LogP contribution in [0.2, 0.25) is 0 Å². The number of hydrogen-bond acceptors (Lipinski definition) is 4. The van der Waals surface area contributed by atoms with Crippen molar-refractivity contribution in [3.05, 3.63) is 40.7 Å². The Balaban J connectivity index is 1.26. The molecule has 0 bridgehead atoms. The highest BCUT2D eigenvalue weighted by Gasteiger charge is 2.41. The zero-order chi connectivity index (χ0) is 17.2. The topological polar surface area (TPSA) is 62.3 Å². The molecule has 25 heavy (non-hydrogen) atoms. The molecule has 2 aromatic rings. The van der Waals surface area contributed by atoms with Crippen molar-refractivity contribution in [1.29, 1.82) is 0 Å². The van der Waals surface area contributed by atoms with Crippen LogP contribution in [0.3, 0.4) is 0 Å². The summed E-state index contributed by atoms with van der Waals surface area (Å²) in [5.74, 6) is -0.0595. The van der Waals surface area contributed by atoms with Crippen LogP contribution >= 0.6 is 11.3 Å². The maximum absolute atomic E-state index is 12.3. The Kier molecular flexibility index (Phi) is 4.53. The van der Waals surface area contributed by atoms with Gasteiger partial charge in [0, 0.05) is 42.9 Å². The average molecular weight is 355 g/mol. The Bertz CT molecular complexity index is 770. The van der Waals surface area contributed by atoms with E-state index >= 15 is 0 Å². The molecule has 1 aliphatic heterocycles. The number of benzene rings is 1. The summed E-state index contributed by atoms with van der Waals surface area (Å²) in [6.07, 6.45) is 3.26. The lowest BCUT2D eigenvalue weighted by molar-refractivity contribution is -0.129. The van der Waals surface area contributed by atoms with Crippen molar-refractivity contribution in [3.8, 4) is 11.3 Å². The summed E-state index contributed by atoms with van der Waals surface area (Å²) in [7, 11) is 0. The summed E-state index contributed by atoms with van der Waals surface area (Å²) >= 11 is 1.62. The molecule has 1 N–H and O–H groups in total. The first-order valence-corrected chi connectivity index (χ1v) is 9.65. The van der Waals surface area contributed by atoms with Gasteiger partial charge in [-0.3, -0.25) is 9.59 Å². The van der Waals surface area contributed by atoms with Crippen LogP contribution in [0.4, 0.5) is 0 Å². The fourth-order valence-electron chi connectivity index (χ4n) is 3.25. The van der Waals surface area contributed by atoms with Crippen LogP contribution in [-0.2, 0) is 16.0 Å². The molecule has 5 nitrogen and oxygen atoms in total. The molecule has 6 heteroatoms. The highest BCUT2D eigenvalue weighted by molar-refractivity contribution is 7.09. The fourth-order valence-corrected chi connectivity index (χ4v) is 4.06. The maximum atomic E-state index is 12.3. The fraction of sp³-hybridized carbons (Fsp3) is 0.421. The Hall–Kier alpha value is -2.21. The molecular formula is C19H21N3O2S. The minimum atomic E-state index is -0.190. The minimum Gasteiger partial charge on any atom is -0.355 e. The van der Waals surface area contributed by atoms with Gasteiger partial charge in [-0.1, -0.05) is 30.3 Å². The number of carbonyl (C=O) groups excluding carboxylic acids is 2. The average Bonchev–Trinajstić information content (AvgIpc) is 3.23. The second-order valence-corrected chi connectivity index (χ2v) is 7.65. The van der Waals surface area contributed by atoms with E-state index in [0.717, 1.165) is 35.5 Å². The Morgan fingerprint density at radius 3 is 2.84 bits per heavy atom. The Morgan fingerprint density at radius 1 is 1.28 bits per heavy atom. The van der Waals surface area contributed by atoms with E-state index in [2.05, 4.69) is 15.7 Å². The number of rotatable bonds is 6. The second kappa shape index (κ2) is 6.96. The standard InChI is InChI=1S/C19H21N3O2S/c23-18-10-14(11-22(18)15-6-7-15)19(24)20-9-8-17-21-16(12-25-17)13-4-2-1-3-5-13/h1-5,12,14-15H,6-11H2,(H,20,24). The van der Waals surface area contributed by atoms with Crippen LogP contribution in [0.1, 0.15) is 24.3 Å². The molecule has 2 heterocycles. The lowest BCUT2D eigenvalue weighted by Gasteiger charge is -2.15. The molecule has 2 amide bonds. The number of likely N-dealkylation sites (tertiary alicyclic amines) is 1. The number of nitrogens with one attached hydrogen (secondary N) is 1. The summed E-state index contributed by atoms with van der Waals surface area (Å²) in [4.78, 5) is 30.8. The normalized spacial score (nSPS) is 20.1. The number of carbonyl (C=O) groups is 2. The van der Waals surface area contributed by atoms with E-state index in [9.17, 15) is 9.59 Å². The number of nitrogens with zero attached hydrogens (tertiary/aromatic N) is 2. The van der Waals surface area contributed by atoms with E-state index in [4.69, 9.17) is 0 Å². The van der Waals surface area contributed by atoms with Crippen LogP contribution in [0, 0.1) is 5.92 Å². The molecule has 2 aliphatic rings. The van der Waals surface area contributed by atoms with Crippen LogP contribution in [0.5, 0.6) is 0 Å². The third-order valence-corrected chi connectivity index (χ3v) is 5.68. The molecule has 1 atom stereocenters. The molecule has 1 aromatic carbocycles. The number of thiazole rings is 1. The zero-order valence-electron chi connectivity index (χ0n) is 14.0. The van der Waals surface area contributed by atoms with E-state index in [0.29, 0.717) is 25.6 Å². The number of aromatic nitrogens is 1. The van der Waals surface area contributed by atoms with Crippen LogP contribution < -0.4 is 5.32 Å². The van der Waals surface area contributed by atoms with Gasteiger partial charge in [0.05, 0.1) is 16.6 Å². The number of hydrogen-bond donors (Lipinski definition) is 1. The molecule has 1 unspecified atom stereocenters. The SMILES string of the molecule is O=C(NCCc1nc(-c2ccccc2)cs1)C1CC(=O)N(C2CC2)C1. The summed E-state index contributed by atoms with van der Waals surface area (Å²) in [6, 6.07) is 10.5. The van der Waals surface area contributed by atoms with Crippen molar-refractivity contribution in [1.82, 2.24) is 15.2 Å². The summed E-state index contributed by atoms with van der Waals surface area (Å²) in [5.41, 5.74) is 2.09. The predicted octanol–water partition coefficient (Wildman–Crippen LogP) is 2.48. The molecule has 1 saturated heterocycles. The van der Waals surface area contributed by atoms with Crippen LogP contribution in [0.15, 0.2) is 35.7 Å². The van der Waals surface area contributed by atoms with Gasteiger partial charge in [0.1, 0.15) is 0 Å². The molecule has 1 aromatic heterocycles. The Morgan fingerprint density at radius 2 is 2.08 bits per heavy atom. The van der Waals surface area contributed by atoms with Crippen molar-refractivity contribution in [2.24, 2.45) is 5.92 Å². The maximum Gasteiger partial charge on any atom is 0.225 e. The molecule has 4 rings (SSSR count). The molecular weight excluding hydrogens is 334 g/mol. The molecule has 0 radical (unpaired) electrons. The summed E-state index contributed by atoms with van der Waals surface area (Å²) < 4.78 is 0. The van der Waals surface area contributed by atoms with E-state index in [1.165, 1.54) is 0 Å². The van der Waals surface area contributed by atoms with Gasteiger partial charge in [-0.25, -0.2) is 4.98 Å². The van der Waals surface area contributed by atoms with Gasteiger partial charge in [-0.15, -0.1) is 11.3 Å². The van der Waals surface area contributed by atoms with Gasteiger partial charge in [0.25, 0.3) is 0 Å². The highest BCUT2D eigenvalue weighted by atomic mass is 32.1. The summed E-state index contributed by atoms with van der Waals surface area (Å²) in [5, 5.41) is 6.04. The van der Waals surface area contributed by atoms with E-state index in [1.807, 2.05) is 35.2 Å². The van der Waals surface area contributed by atoms with Crippen molar-refractivity contribution >= 4 is 23.2 Å². The molecule has 0 spiro atoms. The van der Waals surface area contributed by atoms with Gasteiger partial charge in [0.15, 0.2) is 0 Å². The van der Waals surface area contributed by atoms with Gasteiger partial charge in [-0.2, -0.15) is 0 Å². The van der Waals surface area contributed by atoms with Crippen molar-refractivity contribution in [2.45, 2.75) is 31.7 Å². The summed E-state index contributed by atoms with van der Waals surface area (Å²) in [6.45, 7) is 1.15. The van der Waals surface area contributed by atoms with Crippen LogP contribution in [-0.4, -0.2) is 40.8 Å². The first-order chi connectivity index (χ1) is 12.2. The third kappa shape index (κ3) is 3.74. The monoisotopic (exact) mass is 355 g/mol. The highest BCUT2D eigenvalue weighted by Crippen LogP contribution is 2.32. The van der Waals surface area contributed by atoms with Gasteiger partial charge < -0.3 is 10.2 Å². The lowest BCUT2D eigenvalue weighted by Crippen LogP contribution is -2.34. The molecule has 1 aliphatic carbocycles. The van der Waals surface area contributed by atoms with E-state index in [-0.39, 0.29) is 17.7 Å². The minimum absolute atomic E-state index is 0.00339. The van der Waals surface area contributed by atoms with Crippen molar-refractivity contribution < 1.29 is 9.59 Å². The largest absolute Gasteiger partial charge is 0.355 e. The van der Waals surface area contributed by atoms with Gasteiger partial charge in [-0.05, 0) is 12.8 Å². The zero-order valence-corrected chi connectivity index (χ0v) is 14.8. The number of amides is 2. The third-order valence-electron chi connectivity index (χ3n) is 4.78. The van der Waals surface area contributed by atoms with Crippen LogP contribution in [0.25, 0.3) is 11.3 Å². The first kappa shape index (κ1) is 16.3. The molecule has 2 fully saturated rings. The lowest BCUT2D eigenvalue weighted by atomic mass is 10.1. The second-order valence-electron chi connectivity index (χ2n) is 6.71. The van der Waals surface area contributed by atoms with Gasteiger partial charge >= 0.3 is 0 Å². The van der Waals surface area contributed by atoms with E-state index < -0.39 is 0 Å². The van der Waals surface area contributed by atoms with E-state index in [1.54, 1.807) is 11.3 Å². The van der Waals surface area contributed by atoms with Crippen molar-refractivity contribution in [2.75, 3.05) is 13.1 Å².